The molecule has 0 radical (unpaired) electrons. The van der Waals surface area contributed by atoms with Gasteiger partial charge in [-0.25, -0.2) is 9.97 Å². The Labute approximate surface area is 166 Å². The van der Waals surface area contributed by atoms with E-state index in [4.69, 9.17) is 0 Å². The predicted octanol–water partition coefficient (Wildman–Crippen LogP) is 4.98. The summed E-state index contributed by atoms with van der Waals surface area (Å²) >= 11 is 0. The van der Waals surface area contributed by atoms with Crippen LogP contribution < -0.4 is 10.6 Å². The van der Waals surface area contributed by atoms with Crippen LogP contribution in [0.3, 0.4) is 0 Å². The molecule has 0 spiro atoms. The third-order valence-corrected chi connectivity index (χ3v) is 4.55. The topological polar surface area (TPSA) is 106 Å². The first-order chi connectivity index (χ1) is 14.2. The van der Waals surface area contributed by atoms with Crippen molar-refractivity contribution in [2.24, 2.45) is 0 Å². The maximum absolute atomic E-state index is 11.9. The van der Waals surface area contributed by atoms with E-state index in [1.807, 2.05) is 61.5 Å². The number of aryl methyl sites for hydroxylation is 1. The molecule has 2 aromatic carbocycles. The van der Waals surface area contributed by atoms with Gasteiger partial charge < -0.3 is 10.6 Å². The second-order valence-electron chi connectivity index (χ2n) is 6.31. The number of hydrogen-bond donors (Lipinski definition) is 2. The Kier molecular flexibility index (Phi) is 4.98. The Bertz CT molecular complexity index is 1190. The highest BCUT2D eigenvalue weighted by Crippen LogP contribution is 2.35. The minimum absolute atomic E-state index is 0.109. The number of nitrogens with one attached hydrogen (secondary N) is 2. The molecule has 0 bridgehead atoms. The third kappa shape index (κ3) is 3.68. The fraction of sp³-hybridized carbons (Fsp3) is 0.0952. The van der Waals surface area contributed by atoms with Gasteiger partial charge in [0.2, 0.25) is 11.6 Å². The van der Waals surface area contributed by atoms with Gasteiger partial charge in [0, 0.05) is 23.0 Å². The van der Waals surface area contributed by atoms with Crippen LogP contribution >= 0.6 is 0 Å². The van der Waals surface area contributed by atoms with Gasteiger partial charge in [-0.15, -0.1) is 0 Å². The summed E-state index contributed by atoms with van der Waals surface area (Å²) in [6.07, 6.45) is 3.79. The summed E-state index contributed by atoms with van der Waals surface area (Å²) in [5, 5.41) is 18.9. The Balaban J connectivity index is 1.77. The highest BCUT2D eigenvalue weighted by molar-refractivity contribution is 5.94. The molecular formula is C21H18N6O2. The van der Waals surface area contributed by atoms with E-state index in [0.29, 0.717) is 5.69 Å². The molecular weight excluding hydrogens is 368 g/mol. The first kappa shape index (κ1) is 18.3. The number of fused-ring (bicyclic) bond motifs is 1. The minimum Gasteiger partial charge on any atom is -0.334 e. The van der Waals surface area contributed by atoms with E-state index in [-0.39, 0.29) is 17.3 Å². The van der Waals surface area contributed by atoms with Gasteiger partial charge in [0.15, 0.2) is 0 Å². The molecule has 0 aliphatic heterocycles. The Morgan fingerprint density at radius 1 is 0.897 bits per heavy atom. The van der Waals surface area contributed by atoms with E-state index in [1.165, 1.54) is 6.33 Å². The van der Waals surface area contributed by atoms with Crippen molar-refractivity contribution in [3.63, 3.8) is 0 Å². The van der Waals surface area contributed by atoms with Crippen LogP contribution in [-0.4, -0.2) is 19.9 Å². The fourth-order valence-electron chi connectivity index (χ4n) is 3.15. The maximum atomic E-state index is 11.9. The van der Waals surface area contributed by atoms with Gasteiger partial charge in [-0.2, -0.15) is 0 Å². The number of nitrogens with zero attached hydrogens (tertiary/aromatic N) is 4. The van der Waals surface area contributed by atoms with Crippen molar-refractivity contribution in [2.45, 2.75) is 13.3 Å². The number of pyridine rings is 1. The lowest BCUT2D eigenvalue weighted by atomic mass is 10.1. The molecule has 8 heteroatoms. The smallest absolute Gasteiger partial charge is 0.334 e. The SMILES string of the molecule is CCc1ccccc1Nc1ncnc(Nc2cccc3ncccc23)c1[N+](=O)[O-]. The lowest BCUT2D eigenvalue weighted by Gasteiger charge is -2.13. The zero-order chi connectivity index (χ0) is 20.2. The first-order valence-corrected chi connectivity index (χ1v) is 9.12. The van der Waals surface area contributed by atoms with Gasteiger partial charge >= 0.3 is 5.69 Å². The summed E-state index contributed by atoms with van der Waals surface area (Å²) in [6.45, 7) is 2.02. The van der Waals surface area contributed by atoms with E-state index in [0.717, 1.165) is 28.6 Å². The molecule has 0 aliphatic carbocycles. The quantitative estimate of drug-likeness (QED) is 0.355. The standard InChI is InChI=1S/C21H18N6O2/c1-2-14-7-3-4-9-16(14)25-20-19(27(28)29)21(24-13-23-20)26-18-11-5-10-17-15(18)8-6-12-22-17/h3-13H,2H2,1H3,(H2,23,24,25,26). The molecule has 2 heterocycles. The van der Waals surface area contributed by atoms with Gasteiger partial charge in [0.05, 0.1) is 10.4 Å². The van der Waals surface area contributed by atoms with E-state index in [2.05, 4.69) is 25.6 Å². The van der Waals surface area contributed by atoms with E-state index in [9.17, 15) is 10.1 Å². The van der Waals surface area contributed by atoms with Gasteiger partial charge in [-0.1, -0.05) is 31.2 Å². The number of nitro groups is 1. The third-order valence-electron chi connectivity index (χ3n) is 4.55. The summed E-state index contributed by atoms with van der Waals surface area (Å²) in [4.78, 5) is 23.9. The Morgan fingerprint density at radius 3 is 2.38 bits per heavy atom. The predicted molar refractivity (Wildman–Crippen MR) is 113 cm³/mol. The monoisotopic (exact) mass is 386 g/mol. The largest absolute Gasteiger partial charge is 0.353 e. The van der Waals surface area contributed by atoms with Crippen molar-refractivity contribution < 1.29 is 4.92 Å². The number of anilines is 4. The second-order valence-corrected chi connectivity index (χ2v) is 6.31. The van der Waals surface area contributed by atoms with E-state index >= 15 is 0 Å². The van der Waals surface area contributed by atoms with Gasteiger partial charge in [0.1, 0.15) is 6.33 Å². The first-order valence-electron chi connectivity index (χ1n) is 9.12. The van der Waals surface area contributed by atoms with Gasteiger partial charge in [0.25, 0.3) is 0 Å². The molecule has 0 amide bonds. The average molecular weight is 386 g/mol. The van der Waals surface area contributed by atoms with Crippen molar-refractivity contribution in [2.75, 3.05) is 10.6 Å². The highest BCUT2D eigenvalue weighted by Gasteiger charge is 2.24. The molecule has 4 rings (SSSR count). The molecule has 0 unspecified atom stereocenters. The van der Waals surface area contributed by atoms with Crippen molar-refractivity contribution in [1.82, 2.24) is 15.0 Å². The molecule has 2 aromatic heterocycles. The van der Waals surface area contributed by atoms with Crippen LogP contribution in [0.2, 0.25) is 0 Å². The lowest BCUT2D eigenvalue weighted by molar-refractivity contribution is -0.383. The fourth-order valence-corrected chi connectivity index (χ4v) is 3.15. The maximum Gasteiger partial charge on any atom is 0.353 e. The van der Waals surface area contributed by atoms with Crippen molar-refractivity contribution in [3.05, 3.63) is 82.8 Å². The zero-order valence-electron chi connectivity index (χ0n) is 15.7. The molecule has 29 heavy (non-hydrogen) atoms. The molecule has 4 aromatic rings. The van der Waals surface area contributed by atoms with Gasteiger partial charge in [-0.05, 0) is 42.3 Å². The molecule has 8 nitrogen and oxygen atoms in total. The normalized spacial score (nSPS) is 10.7. The van der Waals surface area contributed by atoms with Crippen LogP contribution in [0.5, 0.6) is 0 Å². The summed E-state index contributed by atoms with van der Waals surface area (Å²) in [6, 6.07) is 16.9. The molecule has 0 fully saturated rings. The van der Waals surface area contributed by atoms with Crippen LogP contribution in [0, 0.1) is 10.1 Å². The molecule has 0 aliphatic rings. The van der Waals surface area contributed by atoms with E-state index < -0.39 is 4.92 Å². The van der Waals surface area contributed by atoms with Crippen LogP contribution in [0.15, 0.2) is 67.1 Å². The lowest BCUT2D eigenvalue weighted by Crippen LogP contribution is -2.06. The number of para-hydroxylation sites is 1. The van der Waals surface area contributed by atoms with Crippen LogP contribution in [0.1, 0.15) is 12.5 Å². The van der Waals surface area contributed by atoms with Crippen molar-refractivity contribution in [3.8, 4) is 0 Å². The highest BCUT2D eigenvalue weighted by atomic mass is 16.6. The number of benzene rings is 2. The number of hydrogen-bond acceptors (Lipinski definition) is 7. The van der Waals surface area contributed by atoms with Crippen molar-refractivity contribution in [1.29, 1.82) is 0 Å². The molecule has 0 saturated heterocycles. The Morgan fingerprint density at radius 2 is 1.62 bits per heavy atom. The van der Waals surface area contributed by atoms with Crippen LogP contribution in [0.25, 0.3) is 10.9 Å². The summed E-state index contributed by atoms with van der Waals surface area (Å²) in [5.41, 5.74) is 3.05. The minimum atomic E-state index is -0.484. The summed E-state index contributed by atoms with van der Waals surface area (Å²) in [5.74, 6) is 0.240. The summed E-state index contributed by atoms with van der Waals surface area (Å²) < 4.78 is 0. The van der Waals surface area contributed by atoms with Crippen LogP contribution in [-0.2, 0) is 6.42 Å². The van der Waals surface area contributed by atoms with Crippen molar-refractivity contribution >= 4 is 39.6 Å². The molecule has 144 valence electrons. The van der Waals surface area contributed by atoms with Gasteiger partial charge in [-0.3, -0.25) is 15.1 Å². The molecule has 2 N–H and O–H groups in total. The Hall–Kier alpha value is -4.07. The molecule has 0 atom stereocenters. The zero-order valence-corrected chi connectivity index (χ0v) is 15.7. The number of aromatic nitrogens is 3. The average Bonchev–Trinajstić information content (AvgIpc) is 2.74. The van der Waals surface area contributed by atoms with Crippen LogP contribution in [0.4, 0.5) is 28.7 Å². The second kappa shape index (κ2) is 7.89. The number of rotatable bonds is 6. The van der Waals surface area contributed by atoms with E-state index in [1.54, 1.807) is 6.20 Å². The summed E-state index contributed by atoms with van der Waals surface area (Å²) in [7, 11) is 0. The molecule has 0 saturated carbocycles.